The van der Waals surface area contributed by atoms with Crippen molar-refractivity contribution in [3.63, 3.8) is 0 Å². The van der Waals surface area contributed by atoms with Gasteiger partial charge in [0.15, 0.2) is 0 Å². The van der Waals surface area contributed by atoms with Crippen molar-refractivity contribution in [3.05, 3.63) is 24.0 Å². The fourth-order valence-corrected chi connectivity index (χ4v) is 3.28. The van der Waals surface area contributed by atoms with Crippen molar-refractivity contribution in [2.24, 2.45) is 0 Å². The number of aliphatic hydroxyl groups is 1. The largest absolute Gasteiger partial charge is 0.395 e. The molecule has 0 aliphatic rings. The molecule has 0 radical (unpaired) electrons. The van der Waals surface area contributed by atoms with E-state index in [1.165, 1.54) is 12.1 Å². The summed E-state index contributed by atoms with van der Waals surface area (Å²) >= 11 is 0. The van der Waals surface area contributed by atoms with Gasteiger partial charge in [-0.15, -0.1) is 0 Å². The first-order valence-corrected chi connectivity index (χ1v) is 7.54. The maximum atomic E-state index is 13.4. The van der Waals surface area contributed by atoms with Crippen molar-refractivity contribution in [2.75, 3.05) is 25.4 Å². The summed E-state index contributed by atoms with van der Waals surface area (Å²) in [5.74, 6) is -0.763. The smallest absolute Gasteiger partial charge is 0.245 e. The van der Waals surface area contributed by atoms with E-state index in [4.69, 9.17) is 10.8 Å². The number of anilines is 1. The number of nitrogens with zero attached hydrogens (tertiary/aromatic N) is 1. The maximum absolute atomic E-state index is 13.4. The standard InChI is InChI=1S/C12H19FN2O3S/c1-2-3-7-15(8-9-16)19(17,18)11-6-4-5-10(13)12(11)14/h4-6,16H,2-3,7-9,14H2,1H3. The second-order valence-corrected chi connectivity index (χ2v) is 6.04. The highest BCUT2D eigenvalue weighted by atomic mass is 32.2. The van der Waals surface area contributed by atoms with Crippen LogP contribution in [-0.2, 0) is 10.0 Å². The van der Waals surface area contributed by atoms with Crippen molar-refractivity contribution in [1.82, 2.24) is 4.31 Å². The highest BCUT2D eigenvalue weighted by Crippen LogP contribution is 2.24. The second kappa shape index (κ2) is 6.83. The van der Waals surface area contributed by atoms with E-state index < -0.39 is 15.8 Å². The number of nitrogens with two attached hydrogens (primary N) is 1. The van der Waals surface area contributed by atoms with Crippen LogP contribution in [0.4, 0.5) is 10.1 Å². The molecular weight excluding hydrogens is 271 g/mol. The Balaban J connectivity index is 3.15. The van der Waals surface area contributed by atoms with E-state index in [0.717, 1.165) is 16.8 Å². The van der Waals surface area contributed by atoms with E-state index in [1.54, 1.807) is 0 Å². The molecule has 0 heterocycles. The van der Waals surface area contributed by atoms with Gasteiger partial charge in [-0.2, -0.15) is 4.31 Å². The van der Waals surface area contributed by atoms with Gasteiger partial charge in [0, 0.05) is 13.1 Å². The molecule has 0 aliphatic heterocycles. The lowest BCUT2D eigenvalue weighted by Crippen LogP contribution is -2.35. The summed E-state index contributed by atoms with van der Waals surface area (Å²) in [5.41, 5.74) is 5.10. The third-order valence-corrected chi connectivity index (χ3v) is 4.70. The summed E-state index contributed by atoms with van der Waals surface area (Å²) in [4.78, 5) is -0.253. The van der Waals surface area contributed by atoms with Gasteiger partial charge >= 0.3 is 0 Å². The van der Waals surface area contributed by atoms with Gasteiger partial charge in [-0.1, -0.05) is 19.4 Å². The van der Waals surface area contributed by atoms with E-state index in [2.05, 4.69) is 0 Å². The highest BCUT2D eigenvalue weighted by Gasteiger charge is 2.26. The van der Waals surface area contributed by atoms with Crippen molar-refractivity contribution in [2.45, 2.75) is 24.7 Å². The molecule has 7 heteroatoms. The second-order valence-electron chi connectivity index (χ2n) is 4.13. The minimum Gasteiger partial charge on any atom is -0.395 e. The number of unbranched alkanes of at least 4 members (excludes halogenated alkanes) is 1. The molecule has 0 amide bonds. The van der Waals surface area contributed by atoms with Gasteiger partial charge in [0.2, 0.25) is 10.0 Å². The predicted octanol–water partition coefficient (Wildman–Crippen LogP) is 1.19. The van der Waals surface area contributed by atoms with Gasteiger partial charge in [-0.05, 0) is 18.6 Å². The molecule has 1 aromatic carbocycles. The van der Waals surface area contributed by atoms with Gasteiger partial charge < -0.3 is 10.8 Å². The Morgan fingerprint density at radius 3 is 2.63 bits per heavy atom. The highest BCUT2D eigenvalue weighted by molar-refractivity contribution is 7.89. The van der Waals surface area contributed by atoms with Gasteiger partial charge in [-0.25, -0.2) is 12.8 Å². The topological polar surface area (TPSA) is 83.6 Å². The predicted molar refractivity (Wildman–Crippen MR) is 71.6 cm³/mol. The van der Waals surface area contributed by atoms with Crippen LogP contribution in [0.15, 0.2) is 23.1 Å². The zero-order valence-electron chi connectivity index (χ0n) is 10.8. The van der Waals surface area contributed by atoms with Crippen LogP contribution in [-0.4, -0.2) is 37.5 Å². The van der Waals surface area contributed by atoms with Crippen molar-refractivity contribution < 1.29 is 17.9 Å². The number of rotatable bonds is 7. The summed E-state index contributed by atoms with van der Waals surface area (Å²) < 4.78 is 39.2. The number of nitrogen functional groups attached to an aromatic ring is 1. The SMILES string of the molecule is CCCCN(CCO)S(=O)(=O)c1cccc(F)c1N. The van der Waals surface area contributed by atoms with E-state index in [0.29, 0.717) is 6.42 Å². The van der Waals surface area contributed by atoms with Gasteiger partial charge in [0.05, 0.1) is 12.3 Å². The summed E-state index contributed by atoms with van der Waals surface area (Å²) in [7, 11) is -3.88. The number of halogens is 1. The Kier molecular flexibility index (Phi) is 5.71. The molecule has 0 spiro atoms. The van der Waals surface area contributed by atoms with Gasteiger partial charge in [-0.3, -0.25) is 0 Å². The van der Waals surface area contributed by atoms with Crippen LogP contribution < -0.4 is 5.73 Å². The maximum Gasteiger partial charge on any atom is 0.245 e. The van der Waals surface area contributed by atoms with Crippen LogP contribution in [0.1, 0.15) is 19.8 Å². The molecule has 0 fully saturated rings. The normalized spacial score (nSPS) is 12.0. The first-order chi connectivity index (χ1) is 8.95. The monoisotopic (exact) mass is 290 g/mol. The molecule has 3 N–H and O–H groups in total. The molecule has 0 bridgehead atoms. The molecule has 0 aliphatic carbocycles. The first kappa shape index (κ1) is 15.9. The molecule has 0 saturated carbocycles. The molecule has 0 aromatic heterocycles. The number of hydrogen-bond acceptors (Lipinski definition) is 4. The Bertz CT molecular complexity index is 520. The molecule has 19 heavy (non-hydrogen) atoms. The van der Waals surface area contributed by atoms with E-state index in [1.807, 2.05) is 6.92 Å². The number of para-hydroxylation sites is 1. The van der Waals surface area contributed by atoms with Crippen LogP contribution in [0.25, 0.3) is 0 Å². The Labute approximate surface area is 112 Å². The lowest BCUT2D eigenvalue weighted by Gasteiger charge is -2.22. The molecule has 0 atom stereocenters. The fraction of sp³-hybridized carbons (Fsp3) is 0.500. The summed E-state index contributed by atoms with van der Waals surface area (Å²) in [6.45, 7) is 1.88. The van der Waals surface area contributed by atoms with Crippen molar-refractivity contribution in [3.8, 4) is 0 Å². The molecule has 1 aromatic rings. The Morgan fingerprint density at radius 2 is 2.05 bits per heavy atom. The van der Waals surface area contributed by atoms with Crippen molar-refractivity contribution >= 4 is 15.7 Å². The van der Waals surface area contributed by atoms with E-state index in [-0.39, 0.29) is 30.3 Å². The molecule has 108 valence electrons. The zero-order chi connectivity index (χ0) is 14.5. The van der Waals surface area contributed by atoms with Crippen LogP contribution in [0.2, 0.25) is 0 Å². The first-order valence-electron chi connectivity index (χ1n) is 6.10. The number of sulfonamides is 1. The summed E-state index contributed by atoms with van der Waals surface area (Å²) in [6, 6.07) is 3.68. The number of benzene rings is 1. The summed E-state index contributed by atoms with van der Waals surface area (Å²) in [6.07, 6.45) is 1.48. The Hall–Kier alpha value is -1.18. The van der Waals surface area contributed by atoms with Crippen LogP contribution in [0.3, 0.4) is 0 Å². The van der Waals surface area contributed by atoms with Gasteiger partial charge in [0.1, 0.15) is 10.7 Å². The minimum absolute atomic E-state index is 0.0295. The average molecular weight is 290 g/mol. The van der Waals surface area contributed by atoms with Gasteiger partial charge in [0.25, 0.3) is 0 Å². The molecule has 0 unspecified atom stereocenters. The van der Waals surface area contributed by atoms with Crippen LogP contribution >= 0.6 is 0 Å². The van der Waals surface area contributed by atoms with Crippen LogP contribution in [0.5, 0.6) is 0 Å². The van der Waals surface area contributed by atoms with E-state index in [9.17, 15) is 12.8 Å². The van der Waals surface area contributed by atoms with Crippen LogP contribution in [0, 0.1) is 5.82 Å². The Morgan fingerprint density at radius 1 is 1.37 bits per heavy atom. The number of aliphatic hydroxyl groups excluding tert-OH is 1. The lowest BCUT2D eigenvalue weighted by atomic mass is 10.3. The lowest BCUT2D eigenvalue weighted by molar-refractivity contribution is 0.252. The molecule has 0 saturated heterocycles. The van der Waals surface area contributed by atoms with E-state index >= 15 is 0 Å². The molecular formula is C12H19FN2O3S. The third-order valence-electron chi connectivity index (χ3n) is 2.74. The third kappa shape index (κ3) is 3.65. The fourth-order valence-electron chi connectivity index (χ4n) is 1.68. The molecule has 5 nitrogen and oxygen atoms in total. The zero-order valence-corrected chi connectivity index (χ0v) is 11.7. The average Bonchev–Trinajstić information content (AvgIpc) is 2.37. The van der Waals surface area contributed by atoms with Crippen molar-refractivity contribution in [1.29, 1.82) is 0 Å². The molecule has 1 rings (SSSR count). The number of hydrogen-bond donors (Lipinski definition) is 2. The summed E-state index contributed by atoms with van der Waals surface area (Å²) in [5, 5.41) is 8.96. The quantitative estimate of drug-likeness (QED) is 0.739. The minimum atomic E-state index is -3.88.